The van der Waals surface area contributed by atoms with Gasteiger partial charge in [0.05, 0.1) is 0 Å². The number of carbonyl (C=O) groups is 1. The van der Waals surface area contributed by atoms with Gasteiger partial charge in [0.2, 0.25) is 0 Å². The summed E-state index contributed by atoms with van der Waals surface area (Å²) in [5, 5.41) is 9.75. The van der Waals surface area contributed by atoms with E-state index in [1.165, 1.54) is 4.90 Å². The summed E-state index contributed by atoms with van der Waals surface area (Å²) in [5.41, 5.74) is -0.360. The molecule has 0 radical (unpaired) electrons. The van der Waals surface area contributed by atoms with Crippen molar-refractivity contribution in [1.82, 2.24) is 4.90 Å². The topological polar surface area (TPSA) is 49.8 Å². The summed E-state index contributed by atoms with van der Waals surface area (Å²) in [7, 11) is 0. The fourth-order valence-electron chi connectivity index (χ4n) is 2.32. The van der Waals surface area contributed by atoms with Crippen LogP contribution in [0, 0.1) is 5.41 Å². The zero-order chi connectivity index (χ0) is 11.4. The van der Waals surface area contributed by atoms with Crippen molar-refractivity contribution in [1.29, 1.82) is 0 Å². The Morgan fingerprint density at radius 2 is 2.07 bits per heavy atom. The number of piperidine rings is 1. The van der Waals surface area contributed by atoms with E-state index in [9.17, 15) is 9.90 Å². The van der Waals surface area contributed by atoms with Crippen LogP contribution in [0.2, 0.25) is 0 Å². The molecular formula is C11H19NO3. The lowest BCUT2D eigenvalue weighted by Gasteiger charge is -2.27. The molecule has 1 N–H and O–H groups in total. The Morgan fingerprint density at radius 1 is 1.47 bits per heavy atom. The largest absolute Gasteiger partial charge is 0.444 e. The summed E-state index contributed by atoms with van der Waals surface area (Å²) in [4.78, 5) is 13.3. The molecule has 1 saturated carbocycles. The van der Waals surface area contributed by atoms with Gasteiger partial charge in [-0.2, -0.15) is 0 Å². The van der Waals surface area contributed by atoms with E-state index in [1.54, 1.807) is 0 Å². The molecule has 0 aromatic rings. The van der Waals surface area contributed by atoms with Crippen molar-refractivity contribution >= 4 is 6.09 Å². The highest BCUT2D eigenvalue weighted by Crippen LogP contribution is 2.58. The van der Waals surface area contributed by atoms with Crippen LogP contribution in [0.15, 0.2) is 0 Å². The van der Waals surface area contributed by atoms with Gasteiger partial charge in [-0.1, -0.05) is 6.92 Å². The van der Waals surface area contributed by atoms with Crippen molar-refractivity contribution in [3.8, 4) is 0 Å². The number of fused-ring (bicyclic) bond motifs is 1. The second kappa shape index (κ2) is 2.88. The lowest BCUT2D eigenvalue weighted by atomic mass is 10.1. The minimum Gasteiger partial charge on any atom is -0.444 e. The van der Waals surface area contributed by atoms with Crippen molar-refractivity contribution in [3.05, 3.63) is 0 Å². The number of aliphatic hydroxyl groups excluding tert-OH is 1. The van der Waals surface area contributed by atoms with Crippen LogP contribution in [0.1, 0.15) is 40.5 Å². The fraction of sp³-hybridized carbons (Fsp3) is 0.909. The van der Waals surface area contributed by atoms with Crippen molar-refractivity contribution < 1.29 is 14.6 Å². The zero-order valence-electron chi connectivity index (χ0n) is 9.78. The number of hydrogen-bond acceptors (Lipinski definition) is 3. The highest BCUT2D eigenvalue weighted by Gasteiger charge is 2.63. The van der Waals surface area contributed by atoms with Crippen LogP contribution in [0.25, 0.3) is 0 Å². The second-order valence-electron chi connectivity index (χ2n) is 5.95. The maximum atomic E-state index is 11.8. The summed E-state index contributed by atoms with van der Waals surface area (Å²) >= 11 is 0. The second-order valence-corrected chi connectivity index (χ2v) is 5.95. The van der Waals surface area contributed by atoms with E-state index in [4.69, 9.17) is 4.74 Å². The fourth-order valence-corrected chi connectivity index (χ4v) is 2.32. The molecule has 1 heterocycles. The third-order valence-corrected chi connectivity index (χ3v) is 3.21. The van der Waals surface area contributed by atoms with Crippen molar-refractivity contribution in [3.63, 3.8) is 0 Å². The zero-order valence-corrected chi connectivity index (χ0v) is 9.78. The molecule has 2 fully saturated rings. The highest BCUT2D eigenvalue weighted by molar-refractivity contribution is 5.70. The third-order valence-electron chi connectivity index (χ3n) is 3.21. The molecule has 0 bridgehead atoms. The lowest BCUT2D eigenvalue weighted by Crippen LogP contribution is -2.41. The van der Waals surface area contributed by atoms with Crippen molar-refractivity contribution in [2.24, 2.45) is 5.41 Å². The molecule has 86 valence electrons. The maximum Gasteiger partial charge on any atom is 0.412 e. The van der Waals surface area contributed by atoms with E-state index < -0.39 is 11.8 Å². The number of likely N-dealkylation sites (tertiary alicyclic amines) is 1. The van der Waals surface area contributed by atoms with Gasteiger partial charge < -0.3 is 9.84 Å². The first-order valence-electron chi connectivity index (χ1n) is 5.42. The molecule has 3 atom stereocenters. The van der Waals surface area contributed by atoms with Crippen LogP contribution in [0.3, 0.4) is 0 Å². The van der Waals surface area contributed by atoms with Crippen molar-refractivity contribution in [2.45, 2.75) is 58.4 Å². The summed E-state index contributed by atoms with van der Waals surface area (Å²) < 4.78 is 5.26. The monoisotopic (exact) mass is 213 g/mol. The number of aliphatic hydroxyl groups is 1. The quantitative estimate of drug-likeness (QED) is 0.666. The van der Waals surface area contributed by atoms with Gasteiger partial charge in [0, 0.05) is 6.04 Å². The average Bonchev–Trinajstić information content (AvgIpc) is 2.49. The number of rotatable bonds is 0. The van der Waals surface area contributed by atoms with Gasteiger partial charge >= 0.3 is 6.09 Å². The molecule has 4 heteroatoms. The number of carbonyl (C=O) groups excluding carboxylic acids is 1. The molecule has 1 aliphatic heterocycles. The van der Waals surface area contributed by atoms with Crippen LogP contribution >= 0.6 is 0 Å². The Bertz CT molecular complexity index is 297. The number of nitrogens with zero attached hydrogens (tertiary/aromatic N) is 1. The number of ether oxygens (including phenoxy) is 1. The first-order chi connectivity index (χ1) is 6.73. The Labute approximate surface area is 90.2 Å². The predicted molar refractivity (Wildman–Crippen MR) is 55.2 cm³/mol. The van der Waals surface area contributed by atoms with Crippen LogP contribution in [-0.4, -0.2) is 34.0 Å². The van der Waals surface area contributed by atoms with Gasteiger partial charge in [0.25, 0.3) is 0 Å². The van der Waals surface area contributed by atoms with Crippen molar-refractivity contribution in [2.75, 3.05) is 0 Å². The molecule has 2 rings (SSSR count). The SMILES string of the molecule is CC(C)(C)OC(=O)N1C(O)C[C@]2(C)C[C@H]12. The van der Waals surface area contributed by atoms with Gasteiger partial charge in [0.1, 0.15) is 11.8 Å². The molecule has 1 saturated heterocycles. The third kappa shape index (κ3) is 1.83. The van der Waals surface area contributed by atoms with E-state index in [-0.39, 0.29) is 17.6 Å². The van der Waals surface area contributed by atoms with Gasteiger partial charge in [0.15, 0.2) is 0 Å². The van der Waals surface area contributed by atoms with Gasteiger partial charge in [-0.25, -0.2) is 4.79 Å². The van der Waals surface area contributed by atoms with Crippen LogP contribution in [0.5, 0.6) is 0 Å². The molecule has 1 unspecified atom stereocenters. The summed E-state index contributed by atoms with van der Waals surface area (Å²) in [6.07, 6.45) is 0.616. The predicted octanol–water partition coefficient (Wildman–Crippen LogP) is 1.72. The standard InChI is InChI=1S/C11H19NO3/c1-10(2,3)15-9(14)12-7-5-11(7,4)6-8(12)13/h7-8,13H,5-6H2,1-4H3/t7-,8?,11-/m0/s1. The van der Waals surface area contributed by atoms with Crippen LogP contribution in [0.4, 0.5) is 4.79 Å². The molecule has 1 aliphatic carbocycles. The van der Waals surface area contributed by atoms with Gasteiger partial charge in [-0.3, -0.25) is 4.90 Å². The average molecular weight is 213 g/mol. The van der Waals surface area contributed by atoms with Gasteiger partial charge in [-0.05, 0) is 39.0 Å². The van der Waals surface area contributed by atoms with E-state index in [2.05, 4.69) is 6.92 Å². The molecule has 0 spiro atoms. The number of hydrogen-bond donors (Lipinski definition) is 1. The van der Waals surface area contributed by atoms with E-state index in [0.29, 0.717) is 6.42 Å². The van der Waals surface area contributed by atoms with Gasteiger partial charge in [-0.15, -0.1) is 0 Å². The normalized spacial score (nSPS) is 38.9. The molecular weight excluding hydrogens is 194 g/mol. The van der Waals surface area contributed by atoms with E-state index in [0.717, 1.165) is 6.42 Å². The Morgan fingerprint density at radius 3 is 2.47 bits per heavy atom. The Hall–Kier alpha value is -0.770. The first kappa shape index (κ1) is 10.7. The maximum absolute atomic E-state index is 11.8. The molecule has 2 aliphatic rings. The van der Waals surface area contributed by atoms with E-state index >= 15 is 0 Å². The Kier molecular flexibility index (Phi) is 2.06. The molecule has 0 aromatic heterocycles. The number of amides is 1. The first-order valence-corrected chi connectivity index (χ1v) is 5.42. The van der Waals surface area contributed by atoms with Crippen LogP contribution in [-0.2, 0) is 4.74 Å². The minimum absolute atomic E-state index is 0.135. The molecule has 0 aromatic carbocycles. The summed E-state index contributed by atoms with van der Waals surface area (Å²) in [6, 6.07) is 0.183. The highest BCUT2D eigenvalue weighted by atomic mass is 16.6. The smallest absolute Gasteiger partial charge is 0.412 e. The Balaban J connectivity index is 2.03. The molecule has 1 amide bonds. The summed E-state index contributed by atoms with van der Waals surface area (Å²) in [5.74, 6) is 0. The van der Waals surface area contributed by atoms with Crippen LogP contribution < -0.4 is 0 Å². The minimum atomic E-state index is -0.663. The molecule has 4 nitrogen and oxygen atoms in total. The molecule has 15 heavy (non-hydrogen) atoms. The van der Waals surface area contributed by atoms with E-state index in [1.807, 2.05) is 20.8 Å². The lowest BCUT2D eigenvalue weighted by molar-refractivity contribution is -0.0224. The summed E-state index contributed by atoms with van der Waals surface area (Å²) in [6.45, 7) is 7.60.